The SMILES string of the molecule is CCCCOc1ccc(-c2cc3c4nn(Cc5cc(F)ccc5F)c(=O)n4ccn3n2)cc1. The molecule has 0 amide bonds. The van der Waals surface area contributed by atoms with Crippen LogP contribution < -0.4 is 10.4 Å². The number of hydrogen-bond acceptors (Lipinski definition) is 4. The normalized spacial score (nSPS) is 11.5. The fraction of sp³-hybridized carbons (Fsp3) is 0.208. The number of nitrogens with zero attached hydrogens (tertiary/aromatic N) is 5. The van der Waals surface area contributed by atoms with E-state index in [2.05, 4.69) is 17.1 Å². The lowest BCUT2D eigenvalue weighted by atomic mass is 10.1. The van der Waals surface area contributed by atoms with Gasteiger partial charge in [0.15, 0.2) is 5.65 Å². The Balaban J connectivity index is 1.49. The van der Waals surface area contributed by atoms with E-state index in [0.29, 0.717) is 23.5 Å². The number of halogens is 2. The van der Waals surface area contributed by atoms with Crippen LogP contribution in [0.4, 0.5) is 8.78 Å². The van der Waals surface area contributed by atoms with Crippen LogP contribution in [0, 0.1) is 11.6 Å². The fourth-order valence-electron chi connectivity index (χ4n) is 3.66. The summed E-state index contributed by atoms with van der Waals surface area (Å²) < 4.78 is 37.4. The Morgan fingerprint density at radius 3 is 2.61 bits per heavy atom. The number of benzene rings is 2. The fourth-order valence-corrected chi connectivity index (χ4v) is 3.66. The Morgan fingerprint density at radius 2 is 1.82 bits per heavy atom. The molecule has 9 heteroatoms. The first-order chi connectivity index (χ1) is 16.0. The van der Waals surface area contributed by atoms with Gasteiger partial charge >= 0.3 is 5.69 Å². The summed E-state index contributed by atoms with van der Waals surface area (Å²) in [6, 6.07) is 12.6. The summed E-state index contributed by atoms with van der Waals surface area (Å²) in [5.74, 6) is -0.375. The minimum Gasteiger partial charge on any atom is -0.494 e. The zero-order valence-electron chi connectivity index (χ0n) is 17.9. The Bertz CT molecular complexity index is 1500. The van der Waals surface area contributed by atoms with Crippen LogP contribution in [0.25, 0.3) is 22.4 Å². The molecule has 3 aromatic heterocycles. The number of aromatic nitrogens is 5. The number of unbranched alkanes of at least 4 members (excludes halogenated alkanes) is 1. The van der Waals surface area contributed by atoms with Gasteiger partial charge in [0.25, 0.3) is 0 Å². The molecule has 0 radical (unpaired) electrons. The standard InChI is InChI=1S/C24H21F2N5O2/c1-2-3-12-33-19-7-4-16(5-8-19)21-14-22-23-28-31(15-17-13-18(25)6-9-20(17)26)24(32)29(23)10-11-30(22)27-21/h4-11,13-14H,2-3,12,15H2,1H3. The van der Waals surface area contributed by atoms with Gasteiger partial charge in [-0.15, -0.1) is 5.10 Å². The molecule has 7 nitrogen and oxygen atoms in total. The van der Waals surface area contributed by atoms with E-state index in [1.54, 1.807) is 16.9 Å². The highest BCUT2D eigenvalue weighted by atomic mass is 19.1. The minimum atomic E-state index is -0.598. The van der Waals surface area contributed by atoms with E-state index in [4.69, 9.17) is 4.74 Å². The lowest BCUT2D eigenvalue weighted by molar-refractivity contribution is 0.309. The van der Waals surface area contributed by atoms with Gasteiger partial charge in [0.05, 0.1) is 18.8 Å². The van der Waals surface area contributed by atoms with E-state index in [1.807, 2.05) is 30.3 Å². The van der Waals surface area contributed by atoms with Gasteiger partial charge in [0, 0.05) is 23.5 Å². The molecule has 0 bridgehead atoms. The van der Waals surface area contributed by atoms with Crippen molar-refractivity contribution in [2.45, 2.75) is 26.3 Å². The van der Waals surface area contributed by atoms with Crippen LogP contribution in [0.2, 0.25) is 0 Å². The molecule has 168 valence electrons. The second-order valence-corrected chi connectivity index (χ2v) is 7.75. The minimum absolute atomic E-state index is 0.0481. The summed E-state index contributed by atoms with van der Waals surface area (Å²) in [7, 11) is 0. The third kappa shape index (κ3) is 3.97. The maximum Gasteiger partial charge on any atom is 0.350 e. The first-order valence-electron chi connectivity index (χ1n) is 10.7. The van der Waals surface area contributed by atoms with Crippen molar-refractivity contribution < 1.29 is 13.5 Å². The second kappa shape index (κ2) is 8.50. The molecule has 3 heterocycles. The Hall–Kier alpha value is -4.01. The zero-order chi connectivity index (χ0) is 22.9. The van der Waals surface area contributed by atoms with Crippen molar-refractivity contribution in [3.05, 3.63) is 88.6 Å². The maximum absolute atomic E-state index is 14.1. The van der Waals surface area contributed by atoms with Gasteiger partial charge in [0.2, 0.25) is 0 Å². The molecular formula is C24H21F2N5O2. The maximum atomic E-state index is 14.1. The van der Waals surface area contributed by atoms with E-state index in [0.717, 1.165) is 47.0 Å². The zero-order valence-corrected chi connectivity index (χ0v) is 17.9. The summed E-state index contributed by atoms with van der Waals surface area (Å²) >= 11 is 0. The average molecular weight is 449 g/mol. The molecule has 0 N–H and O–H groups in total. The number of fused-ring (bicyclic) bond motifs is 3. The molecule has 33 heavy (non-hydrogen) atoms. The summed E-state index contributed by atoms with van der Waals surface area (Å²) in [5.41, 5.74) is 2.19. The first kappa shape index (κ1) is 20.9. The molecule has 2 aromatic carbocycles. The Kier molecular flexibility index (Phi) is 5.37. The highest BCUT2D eigenvalue weighted by molar-refractivity contribution is 5.76. The number of ether oxygens (including phenoxy) is 1. The lowest BCUT2D eigenvalue weighted by Crippen LogP contribution is -2.22. The molecule has 0 fully saturated rings. The van der Waals surface area contributed by atoms with E-state index in [9.17, 15) is 13.6 Å². The second-order valence-electron chi connectivity index (χ2n) is 7.75. The van der Waals surface area contributed by atoms with Crippen molar-refractivity contribution in [3.63, 3.8) is 0 Å². The van der Waals surface area contributed by atoms with Crippen molar-refractivity contribution in [3.8, 4) is 17.0 Å². The summed E-state index contributed by atoms with van der Waals surface area (Å²) in [5, 5.41) is 8.96. The van der Waals surface area contributed by atoms with Gasteiger partial charge < -0.3 is 4.74 Å². The molecule has 0 saturated carbocycles. The van der Waals surface area contributed by atoms with Gasteiger partial charge in [-0.1, -0.05) is 13.3 Å². The summed E-state index contributed by atoms with van der Waals surface area (Å²) in [6.07, 6.45) is 5.29. The molecular weight excluding hydrogens is 428 g/mol. The van der Waals surface area contributed by atoms with E-state index in [1.165, 1.54) is 4.40 Å². The highest BCUT2D eigenvalue weighted by Gasteiger charge is 2.15. The van der Waals surface area contributed by atoms with Gasteiger partial charge in [-0.2, -0.15) is 5.10 Å². The lowest BCUT2D eigenvalue weighted by Gasteiger charge is -2.05. The molecule has 0 saturated heterocycles. The average Bonchev–Trinajstić information content (AvgIpc) is 3.38. The molecule has 5 aromatic rings. The van der Waals surface area contributed by atoms with Crippen LogP contribution in [-0.2, 0) is 6.54 Å². The van der Waals surface area contributed by atoms with Crippen molar-refractivity contribution in [1.29, 1.82) is 0 Å². The van der Waals surface area contributed by atoms with Crippen LogP contribution >= 0.6 is 0 Å². The topological polar surface area (TPSA) is 65.8 Å². The van der Waals surface area contributed by atoms with Gasteiger partial charge in [-0.25, -0.2) is 27.2 Å². The third-order valence-electron chi connectivity index (χ3n) is 5.44. The Morgan fingerprint density at radius 1 is 1.00 bits per heavy atom. The van der Waals surface area contributed by atoms with Crippen LogP contribution in [0.1, 0.15) is 25.3 Å². The van der Waals surface area contributed by atoms with Crippen LogP contribution in [0.5, 0.6) is 5.75 Å². The molecule has 0 atom stereocenters. The quantitative estimate of drug-likeness (QED) is 0.347. The molecule has 0 spiro atoms. The third-order valence-corrected chi connectivity index (χ3v) is 5.44. The number of hydrogen-bond donors (Lipinski definition) is 0. The molecule has 0 aliphatic carbocycles. The monoisotopic (exact) mass is 449 g/mol. The van der Waals surface area contributed by atoms with Gasteiger partial charge in [-0.05, 0) is 55.0 Å². The van der Waals surface area contributed by atoms with E-state index in [-0.39, 0.29) is 12.1 Å². The van der Waals surface area contributed by atoms with Gasteiger partial charge in [-0.3, -0.25) is 0 Å². The summed E-state index contributed by atoms with van der Waals surface area (Å²) in [4.78, 5) is 12.8. The van der Waals surface area contributed by atoms with E-state index >= 15 is 0 Å². The van der Waals surface area contributed by atoms with Crippen LogP contribution in [0.3, 0.4) is 0 Å². The van der Waals surface area contributed by atoms with E-state index < -0.39 is 17.3 Å². The predicted molar refractivity (Wildman–Crippen MR) is 120 cm³/mol. The van der Waals surface area contributed by atoms with Crippen molar-refractivity contribution >= 4 is 11.2 Å². The van der Waals surface area contributed by atoms with Gasteiger partial charge in [0.1, 0.15) is 22.9 Å². The van der Waals surface area contributed by atoms with Crippen molar-refractivity contribution in [1.82, 2.24) is 23.8 Å². The largest absolute Gasteiger partial charge is 0.494 e. The smallest absolute Gasteiger partial charge is 0.350 e. The van der Waals surface area contributed by atoms with Crippen LogP contribution in [0.15, 0.2) is 65.7 Å². The number of rotatable bonds is 7. The van der Waals surface area contributed by atoms with Crippen molar-refractivity contribution in [2.24, 2.45) is 0 Å². The first-order valence-corrected chi connectivity index (χ1v) is 10.7. The van der Waals surface area contributed by atoms with Crippen LogP contribution in [-0.4, -0.2) is 30.4 Å². The highest BCUT2D eigenvalue weighted by Crippen LogP contribution is 2.24. The Labute approximate surface area is 187 Å². The predicted octanol–water partition coefficient (Wildman–Crippen LogP) is 4.32. The van der Waals surface area contributed by atoms with Crippen molar-refractivity contribution in [2.75, 3.05) is 6.61 Å². The molecule has 5 rings (SSSR count). The summed E-state index contributed by atoms with van der Waals surface area (Å²) in [6.45, 7) is 2.61. The molecule has 0 aliphatic rings. The molecule has 0 aliphatic heterocycles. The molecule has 0 unspecified atom stereocenters.